The number of anilines is 2. The molecule has 2 fully saturated rings. The maximum absolute atomic E-state index is 10.8. The molecule has 1 saturated carbocycles. The number of carboxylic acid groups (broad SMARTS) is 1. The Hall–Kier alpha value is -2.19. The van der Waals surface area contributed by atoms with Crippen molar-refractivity contribution in [2.45, 2.75) is 50.5 Å². The van der Waals surface area contributed by atoms with Gasteiger partial charge in [-0.15, -0.1) is 5.10 Å². The van der Waals surface area contributed by atoms with Gasteiger partial charge < -0.3 is 24.4 Å². The normalized spacial score (nSPS) is 20.5. The molecule has 1 aliphatic heterocycles. The number of aliphatic carboxylic acids is 1. The summed E-state index contributed by atoms with van der Waals surface area (Å²) in [7, 11) is 0. The molecule has 2 aromatic carbocycles. The van der Waals surface area contributed by atoms with Gasteiger partial charge in [0.1, 0.15) is 0 Å². The van der Waals surface area contributed by atoms with Crippen molar-refractivity contribution in [2.75, 3.05) is 11.9 Å². The monoisotopic (exact) mass is 455 g/mol. The van der Waals surface area contributed by atoms with Crippen molar-refractivity contribution in [2.24, 2.45) is 5.92 Å². The van der Waals surface area contributed by atoms with Gasteiger partial charge >= 0.3 is 35.6 Å². The van der Waals surface area contributed by atoms with Crippen LogP contribution >= 0.6 is 0 Å². The Bertz CT molecular complexity index is 1060. The molecule has 0 bridgehead atoms. The van der Waals surface area contributed by atoms with Crippen molar-refractivity contribution in [3.63, 3.8) is 0 Å². The Morgan fingerprint density at radius 1 is 0.970 bits per heavy atom. The first kappa shape index (κ1) is 24.0. The van der Waals surface area contributed by atoms with Gasteiger partial charge in [0.15, 0.2) is 0 Å². The van der Waals surface area contributed by atoms with E-state index in [2.05, 4.69) is 51.9 Å². The molecule has 5 rings (SSSR count). The number of carbonyl (C=O) groups is 1. The Balaban J connectivity index is 0.00000259. The zero-order valence-electron chi connectivity index (χ0n) is 18.8. The number of carbonyl (C=O) groups excluding carboxylic acids is 1. The molecular weight excluding hydrogens is 429 g/mol. The third-order valence-corrected chi connectivity index (χ3v) is 6.47. The van der Waals surface area contributed by atoms with Gasteiger partial charge in [0.05, 0.1) is 12.7 Å². The fraction of sp³-hybridized carbons (Fsp3) is 0.400. The van der Waals surface area contributed by atoms with Crippen LogP contribution in [0.2, 0.25) is 0 Å². The van der Waals surface area contributed by atoms with E-state index in [0.29, 0.717) is 18.5 Å². The van der Waals surface area contributed by atoms with Gasteiger partial charge in [-0.05, 0) is 66.8 Å². The van der Waals surface area contributed by atoms with Crippen LogP contribution in [0.3, 0.4) is 0 Å². The first-order chi connectivity index (χ1) is 15.6. The SMILES string of the molecule is O=C([O-])C[C@@H]1CC[C@@H](c2ccc(-c3ccc(Nc4nnc(C5CCC5)o4)cc3)cc2)OC1.[Na+]. The number of benzene rings is 2. The topological polar surface area (TPSA) is 100 Å². The fourth-order valence-corrected chi connectivity index (χ4v) is 4.33. The van der Waals surface area contributed by atoms with Gasteiger partial charge in [0.25, 0.3) is 0 Å². The molecule has 33 heavy (non-hydrogen) atoms. The van der Waals surface area contributed by atoms with E-state index < -0.39 is 5.97 Å². The van der Waals surface area contributed by atoms with E-state index in [4.69, 9.17) is 9.15 Å². The van der Waals surface area contributed by atoms with Gasteiger partial charge in [0.2, 0.25) is 5.89 Å². The van der Waals surface area contributed by atoms with Crippen LogP contribution in [-0.2, 0) is 9.53 Å². The quantitative estimate of drug-likeness (QED) is 0.537. The molecule has 2 atom stereocenters. The molecule has 1 aromatic heterocycles. The van der Waals surface area contributed by atoms with Crippen molar-refractivity contribution in [1.29, 1.82) is 0 Å². The zero-order valence-corrected chi connectivity index (χ0v) is 20.8. The van der Waals surface area contributed by atoms with E-state index in [9.17, 15) is 9.90 Å². The minimum Gasteiger partial charge on any atom is -0.550 e. The first-order valence-electron chi connectivity index (χ1n) is 11.3. The molecule has 2 aliphatic rings. The van der Waals surface area contributed by atoms with Gasteiger partial charge in [-0.3, -0.25) is 0 Å². The molecular formula is C25H26N3NaO4. The second-order valence-corrected chi connectivity index (χ2v) is 8.74. The second kappa shape index (κ2) is 10.8. The van der Waals surface area contributed by atoms with Crippen LogP contribution in [0, 0.1) is 5.92 Å². The largest absolute Gasteiger partial charge is 1.00 e. The third-order valence-electron chi connectivity index (χ3n) is 6.47. The molecule has 0 radical (unpaired) electrons. The summed E-state index contributed by atoms with van der Waals surface area (Å²) in [4.78, 5) is 10.8. The van der Waals surface area contributed by atoms with Crippen molar-refractivity contribution in [1.82, 2.24) is 10.2 Å². The van der Waals surface area contributed by atoms with E-state index in [1.165, 1.54) is 6.42 Å². The molecule has 3 aromatic rings. The Morgan fingerprint density at radius 3 is 2.24 bits per heavy atom. The molecule has 1 aliphatic carbocycles. The maximum atomic E-state index is 10.8. The summed E-state index contributed by atoms with van der Waals surface area (Å²) in [6.07, 6.45) is 5.26. The van der Waals surface area contributed by atoms with E-state index >= 15 is 0 Å². The van der Waals surface area contributed by atoms with Crippen LogP contribution in [0.25, 0.3) is 11.1 Å². The van der Waals surface area contributed by atoms with E-state index in [1.807, 2.05) is 12.1 Å². The minimum atomic E-state index is -1.00. The summed E-state index contributed by atoms with van der Waals surface area (Å²) in [5.41, 5.74) is 4.26. The molecule has 7 nitrogen and oxygen atoms in total. The Labute approximate surface area is 215 Å². The number of hydrogen-bond acceptors (Lipinski definition) is 7. The van der Waals surface area contributed by atoms with Crippen LogP contribution in [0.15, 0.2) is 52.9 Å². The summed E-state index contributed by atoms with van der Waals surface area (Å²) in [6.45, 7) is 0.469. The van der Waals surface area contributed by atoms with Crippen molar-refractivity contribution in [3.05, 3.63) is 60.0 Å². The zero-order chi connectivity index (χ0) is 21.9. The summed E-state index contributed by atoms with van der Waals surface area (Å²) in [5.74, 6) is 0.204. The number of nitrogens with zero attached hydrogens (tertiary/aromatic N) is 2. The summed E-state index contributed by atoms with van der Waals surface area (Å²) < 4.78 is 11.6. The number of nitrogens with one attached hydrogen (secondary N) is 1. The van der Waals surface area contributed by atoms with Crippen molar-refractivity contribution >= 4 is 17.7 Å². The minimum absolute atomic E-state index is 0. The summed E-state index contributed by atoms with van der Waals surface area (Å²) in [5, 5.41) is 22.2. The molecule has 8 heteroatoms. The van der Waals surface area contributed by atoms with Gasteiger partial charge in [0, 0.05) is 17.6 Å². The smallest absolute Gasteiger partial charge is 0.550 e. The van der Waals surface area contributed by atoms with Crippen LogP contribution in [-0.4, -0.2) is 22.8 Å². The summed E-state index contributed by atoms with van der Waals surface area (Å²) in [6, 6.07) is 16.9. The Kier molecular flexibility index (Phi) is 7.86. The number of carboxylic acids is 1. The van der Waals surface area contributed by atoms with Crippen LogP contribution in [0.4, 0.5) is 11.7 Å². The average Bonchev–Trinajstić information content (AvgIpc) is 3.21. The molecule has 2 heterocycles. The second-order valence-electron chi connectivity index (χ2n) is 8.74. The molecule has 1 N–H and O–H groups in total. The number of rotatable bonds is 7. The van der Waals surface area contributed by atoms with Crippen LogP contribution in [0.1, 0.15) is 62.0 Å². The van der Waals surface area contributed by atoms with E-state index in [1.54, 1.807) is 0 Å². The van der Waals surface area contributed by atoms with Crippen LogP contribution < -0.4 is 40.0 Å². The molecule has 1 saturated heterocycles. The standard InChI is InChI=1S/C25H27N3O4.Na/c29-23(30)14-16-4-13-22(31-15-16)19-7-5-17(6-8-19)18-9-11-21(12-10-18)26-25-28-27-24(32-25)20-2-1-3-20;/h5-12,16,20,22H,1-4,13-15H2,(H,26,28)(H,29,30);/q;+1/p-1/t16-,22-;/m0./s1. The third kappa shape index (κ3) is 5.84. The Morgan fingerprint density at radius 2 is 1.67 bits per heavy atom. The number of aromatic nitrogens is 2. The maximum Gasteiger partial charge on any atom is 1.00 e. The molecule has 0 amide bonds. The van der Waals surface area contributed by atoms with Gasteiger partial charge in [-0.1, -0.05) is 47.9 Å². The average molecular weight is 455 g/mol. The summed E-state index contributed by atoms with van der Waals surface area (Å²) >= 11 is 0. The van der Waals surface area contributed by atoms with Crippen molar-refractivity contribution in [3.8, 4) is 11.1 Å². The first-order valence-corrected chi connectivity index (χ1v) is 11.3. The number of ether oxygens (including phenoxy) is 1. The predicted molar refractivity (Wildman–Crippen MR) is 117 cm³/mol. The molecule has 0 spiro atoms. The van der Waals surface area contributed by atoms with Gasteiger partial charge in [-0.2, -0.15) is 0 Å². The molecule has 0 unspecified atom stereocenters. The van der Waals surface area contributed by atoms with Crippen LogP contribution in [0.5, 0.6) is 0 Å². The molecule has 166 valence electrons. The van der Waals surface area contributed by atoms with E-state index in [-0.39, 0.29) is 48.0 Å². The predicted octanol–water partition coefficient (Wildman–Crippen LogP) is 1.36. The van der Waals surface area contributed by atoms with Gasteiger partial charge in [-0.25, -0.2) is 0 Å². The fourth-order valence-electron chi connectivity index (χ4n) is 4.33. The van der Waals surface area contributed by atoms with Crippen molar-refractivity contribution < 1.29 is 48.6 Å². The van der Waals surface area contributed by atoms with E-state index in [0.717, 1.165) is 54.0 Å². The number of hydrogen-bond donors (Lipinski definition) is 1.